The number of rotatable bonds is 4. The Balaban J connectivity index is 1.62. The first kappa shape index (κ1) is 18.1. The largest absolute Gasteiger partial charge is 0.393 e. The number of fused-ring (bicyclic) bond motifs is 1. The standard InChI is InChI=1S/C20H28N6O/c1-24(2)20-22-18-8-10-25(13-15-5-3-4-9-21-15)14-17(18)19(23-20)26-11-6-16(27)7-12-26/h3-5,9,16,27H,6-8,10-14H2,1-2H3. The van der Waals surface area contributed by atoms with Gasteiger partial charge in [-0.1, -0.05) is 6.07 Å². The van der Waals surface area contributed by atoms with E-state index in [1.54, 1.807) is 0 Å². The molecule has 0 atom stereocenters. The fourth-order valence-corrected chi connectivity index (χ4v) is 3.83. The van der Waals surface area contributed by atoms with Gasteiger partial charge in [0.2, 0.25) is 5.95 Å². The lowest BCUT2D eigenvalue weighted by atomic mass is 10.0. The smallest absolute Gasteiger partial charge is 0.227 e. The summed E-state index contributed by atoms with van der Waals surface area (Å²) in [7, 11) is 3.98. The molecule has 1 saturated heterocycles. The summed E-state index contributed by atoms with van der Waals surface area (Å²) in [6, 6.07) is 6.07. The zero-order chi connectivity index (χ0) is 18.8. The summed E-state index contributed by atoms with van der Waals surface area (Å²) >= 11 is 0. The Hall–Kier alpha value is -2.25. The Kier molecular flexibility index (Phi) is 5.22. The second kappa shape index (κ2) is 7.78. The molecule has 0 saturated carbocycles. The maximum atomic E-state index is 9.88. The van der Waals surface area contributed by atoms with Crippen molar-refractivity contribution in [2.75, 3.05) is 43.5 Å². The molecule has 4 rings (SSSR count). The molecule has 7 heteroatoms. The number of aliphatic hydroxyl groups excluding tert-OH is 1. The molecule has 0 unspecified atom stereocenters. The van der Waals surface area contributed by atoms with Crippen molar-refractivity contribution in [1.82, 2.24) is 19.9 Å². The van der Waals surface area contributed by atoms with Crippen LogP contribution < -0.4 is 9.80 Å². The number of hydrogen-bond acceptors (Lipinski definition) is 7. The van der Waals surface area contributed by atoms with Crippen molar-refractivity contribution in [1.29, 1.82) is 0 Å². The number of hydrogen-bond donors (Lipinski definition) is 1. The highest BCUT2D eigenvalue weighted by Gasteiger charge is 2.28. The van der Waals surface area contributed by atoms with E-state index in [1.165, 1.54) is 5.56 Å². The second-order valence-electron chi connectivity index (χ2n) is 7.67. The molecule has 2 aliphatic rings. The number of nitrogens with zero attached hydrogens (tertiary/aromatic N) is 6. The molecular formula is C20H28N6O. The highest BCUT2D eigenvalue weighted by molar-refractivity contribution is 5.54. The van der Waals surface area contributed by atoms with Crippen molar-refractivity contribution < 1.29 is 5.11 Å². The lowest BCUT2D eigenvalue weighted by Gasteiger charge is -2.36. The van der Waals surface area contributed by atoms with E-state index in [1.807, 2.05) is 37.3 Å². The second-order valence-corrected chi connectivity index (χ2v) is 7.67. The first-order valence-electron chi connectivity index (χ1n) is 9.72. The van der Waals surface area contributed by atoms with Gasteiger partial charge >= 0.3 is 0 Å². The van der Waals surface area contributed by atoms with Gasteiger partial charge in [0.25, 0.3) is 0 Å². The number of anilines is 2. The molecule has 1 fully saturated rings. The predicted molar refractivity (Wildman–Crippen MR) is 106 cm³/mol. The molecule has 0 aromatic carbocycles. The normalized spacial score (nSPS) is 18.4. The zero-order valence-electron chi connectivity index (χ0n) is 16.2. The van der Waals surface area contributed by atoms with Gasteiger partial charge in [-0.05, 0) is 25.0 Å². The Bertz CT molecular complexity index is 774. The highest BCUT2D eigenvalue weighted by Crippen LogP contribution is 2.30. The van der Waals surface area contributed by atoms with Crippen molar-refractivity contribution >= 4 is 11.8 Å². The number of aliphatic hydroxyl groups is 1. The van der Waals surface area contributed by atoms with E-state index in [2.05, 4.69) is 20.9 Å². The molecule has 0 bridgehead atoms. The fraction of sp³-hybridized carbons (Fsp3) is 0.550. The van der Waals surface area contributed by atoms with Crippen LogP contribution in [0, 0.1) is 0 Å². The summed E-state index contributed by atoms with van der Waals surface area (Å²) in [6.45, 7) is 4.35. The number of pyridine rings is 1. The van der Waals surface area contributed by atoms with Crippen LogP contribution in [-0.4, -0.2) is 64.8 Å². The van der Waals surface area contributed by atoms with E-state index in [4.69, 9.17) is 9.97 Å². The van der Waals surface area contributed by atoms with E-state index in [0.717, 1.165) is 75.1 Å². The number of aromatic nitrogens is 3. The molecule has 0 amide bonds. The van der Waals surface area contributed by atoms with Crippen LogP contribution in [0.3, 0.4) is 0 Å². The van der Waals surface area contributed by atoms with Crippen molar-refractivity contribution in [2.24, 2.45) is 0 Å². The third-order valence-electron chi connectivity index (χ3n) is 5.38. The highest BCUT2D eigenvalue weighted by atomic mass is 16.3. The maximum absolute atomic E-state index is 9.88. The molecule has 2 aromatic rings. The summed E-state index contributed by atoms with van der Waals surface area (Å²) < 4.78 is 0. The van der Waals surface area contributed by atoms with Crippen molar-refractivity contribution in [3.05, 3.63) is 41.3 Å². The van der Waals surface area contributed by atoms with Crippen LogP contribution >= 0.6 is 0 Å². The molecule has 2 aromatic heterocycles. The summed E-state index contributed by atoms with van der Waals surface area (Å²) in [6.07, 6.45) is 4.19. The van der Waals surface area contributed by atoms with E-state index < -0.39 is 0 Å². The minimum atomic E-state index is -0.187. The maximum Gasteiger partial charge on any atom is 0.227 e. The summed E-state index contributed by atoms with van der Waals surface area (Å²) in [5.41, 5.74) is 3.49. The Morgan fingerprint density at radius 1 is 1.15 bits per heavy atom. The van der Waals surface area contributed by atoms with Crippen LogP contribution in [0.4, 0.5) is 11.8 Å². The minimum absolute atomic E-state index is 0.187. The fourth-order valence-electron chi connectivity index (χ4n) is 3.83. The van der Waals surface area contributed by atoms with Crippen molar-refractivity contribution in [2.45, 2.75) is 38.5 Å². The topological polar surface area (TPSA) is 68.6 Å². The van der Waals surface area contributed by atoms with Gasteiger partial charge in [0, 0.05) is 65.0 Å². The SMILES string of the molecule is CN(C)c1nc2c(c(N3CCC(O)CC3)n1)CN(Cc1ccccn1)CC2. The van der Waals surface area contributed by atoms with Crippen LogP contribution in [0.15, 0.2) is 24.4 Å². The lowest BCUT2D eigenvalue weighted by Crippen LogP contribution is -2.39. The Morgan fingerprint density at radius 2 is 1.96 bits per heavy atom. The zero-order valence-corrected chi connectivity index (χ0v) is 16.2. The van der Waals surface area contributed by atoms with Crippen molar-refractivity contribution in [3.63, 3.8) is 0 Å². The quantitative estimate of drug-likeness (QED) is 0.876. The predicted octanol–water partition coefficient (Wildman–Crippen LogP) is 1.46. The van der Waals surface area contributed by atoms with Gasteiger partial charge in [-0.25, -0.2) is 4.98 Å². The average molecular weight is 368 g/mol. The summed E-state index contributed by atoms with van der Waals surface area (Å²) in [5.74, 6) is 1.81. The van der Waals surface area contributed by atoms with Gasteiger partial charge in [-0.15, -0.1) is 0 Å². The van der Waals surface area contributed by atoms with Crippen LogP contribution in [0.1, 0.15) is 29.8 Å². The Morgan fingerprint density at radius 3 is 2.67 bits per heavy atom. The van der Waals surface area contributed by atoms with Crippen LogP contribution in [0.5, 0.6) is 0 Å². The van der Waals surface area contributed by atoms with Gasteiger partial charge < -0.3 is 14.9 Å². The van der Waals surface area contributed by atoms with Gasteiger partial charge in [0.05, 0.1) is 17.5 Å². The minimum Gasteiger partial charge on any atom is -0.393 e. The third-order valence-corrected chi connectivity index (χ3v) is 5.38. The third kappa shape index (κ3) is 4.04. The molecule has 27 heavy (non-hydrogen) atoms. The Labute approximate surface area is 160 Å². The molecule has 1 N–H and O–H groups in total. The molecule has 2 aliphatic heterocycles. The van der Waals surface area contributed by atoms with Gasteiger partial charge in [0.15, 0.2) is 0 Å². The first-order valence-corrected chi connectivity index (χ1v) is 9.72. The molecular weight excluding hydrogens is 340 g/mol. The first-order chi connectivity index (χ1) is 13.1. The van der Waals surface area contributed by atoms with Gasteiger partial charge in [-0.3, -0.25) is 9.88 Å². The monoisotopic (exact) mass is 368 g/mol. The van der Waals surface area contributed by atoms with E-state index in [0.29, 0.717) is 0 Å². The molecule has 144 valence electrons. The van der Waals surface area contributed by atoms with Crippen LogP contribution in [0.25, 0.3) is 0 Å². The molecule has 0 aliphatic carbocycles. The molecule has 7 nitrogen and oxygen atoms in total. The van der Waals surface area contributed by atoms with Crippen LogP contribution in [0.2, 0.25) is 0 Å². The molecule has 0 radical (unpaired) electrons. The van der Waals surface area contributed by atoms with E-state index in [9.17, 15) is 5.11 Å². The lowest BCUT2D eigenvalue weighted by molar-refractivity contribution is 0.145. The summed E-state index contributed by atoms with van der Waals surface area (Å²) in [5, 5.41) is 9.88. The average Bonchev–Trinajstić information content (AvgIpc) is 2.68. The van der Waals surface area contributed by atoms with Crippen molar-refractivity contribution in [3.8, 4) is 0 Å². The molecule has 4 heterocycles. The number of piperidine rings is 1. The summed E-state index contributed by atoms with van der Waals surface area (Å²) in [4.78, 5) is 20.9. The van der Waals surface area contributed by atoms with Gasteiger partial charge in [0.1, 0.15) is 5.82 Å². The van der Waals surface area contributed by atoms with Gasteiger partial charge in [-0.2, -0.15) is 4.98 Å². The van der Waals surface area contributed by atoms with E-state index in [-0.39, 0.29) is 6.10 Å². The van der Waals surface area contributed by atoms with Crippen LogP contribution in [-0.2, 0) is 19.5 Å². The van der Waals surface area contributed by atoms with E-state index >= 15 is 0 Å². The molecule has 0 spiro atoms.